The van der Waals surface area contributed by atoms with Crippen molar-refractivity contribution in [2.24, 2.45) is 0 Å². The fourth-order valence-corrected chi connectivity index (χ4v) is 3.65. The van der Waals surface area contributed by atoms with Gasteiger partial charge in [-0.15, -0.1) is 0 Å². The fourth-order valence-electron chi connectivity index (χ4n) is 3.65. The smallest absolute Gasteiger partial charge is 0.305 e. The van der Waals surface area contributed by atoms with Crippen LogP contribution in [0.2, 0.25) is 0 Å². The summed E-state index contributed by atoms with van der Waals surface area (Å²) in [6, 6.07) is 8.14. The lowest BCUT2D eigenvalue weighted by Crippen LogP contribution is -2.43. The van der Waals surface area contributed by atoms with E-state index in [4.69, 9.17) is 0 Å². The minimum absolute atomic E-state index is 0.157. The first kappa shape index (κ1) is 20.7. The maximum Gasteiger partial charge on any atom is 0.416 e. The van der Waals surface area contributed by atoms with Gasteiger partial charge in [0.05, 0.1) is 23.4 Å². The molecule has 0 saturated carbocycles. The van der Waals surface area contributed by atoms with Crippen LogP contribution in [0, 0.1) is 25.7 Å². The molecule has 1 amide bonds. The van der Waals surface area contributed by atoms with Crippen LogP contribution in [0.4, 0.5) is 18.9 Å². The highest BCUT2D eigenvalue weighted by Gasteiger charge is 2.34. The molecule has 8 heteroatoms. The zero-order valence-corrected chi connectivity index (χ0v) is 17.2. The van der Waals surface area contributed by atoms with Crippen molar-refractivity contribution in [1.82, 2.24) is 14.8 Å². The van der Waals surface area contributed by atoms with E-state index >= 15 is 0 Å². The van der Waals surface area contributed by atoms with Gasteiger partial charge < -0.3 is 4.90 Å². The van der Waals surface area contributed by atoms with E-state index in [2.05, 4.69) is 21.9 Å². The molecule has 4 rings (SSSR count). The van der Waals surface area contributed by atoms with E-state index in [-0.39, 0.29) is 11.9 Å². The lowest BCUT2D eigenvalue weighted by molar-refractivity contribution is -0.137. The topological polar surface area (TPSA) is 51.0 Å². The van der Waals surface area contributed by atoms with Gasteiger partial charge in [-0.1, -0.05) is 11.8 Å². The van der Waals surface area contributed by atoms with Gasteiger partial charge in [0.2, 0.25) is 0 Å². The summed E-state index contributed by atoms with van der Waals surface area (Å²) in [5.41, 5.74) is 2.92. The molecule has 1 unspecified atom stereocenters. The molecule has 5 nitrogen and oxygen atoms in total. The molecule has 31 heavy (non-hydrogen) atoms. The van der Waals surface area contributed by atoms with Gasteiger partial charge in [-0.2, -0.15) is 18.3 Å². The van der Waals surface area contributed by atoms with Gasteiger partial charge in [-0.05, 0) is 57.2 Å². The predicted octanol–water partition coefficient (Wildman–Crippen LogP) is 4.53. The summed E-state index contributed by atoms with van der Waals surface area (Å²) in [4.78, 5) is 19.0. The third-order valence-corrected chi connectivity index (χ3v) is 5.04. The number of aromatic nitrogens is 3. The Morgan fingerprint density at radius 3 is 2.32 bits per heavy atom. The van der Waals surface area contributed by atoms with E-state index in [0.29, 0.717) is 23.5 Å². The molecule has 0 bridgehead atoms. The fraction of sp³-hybridized carbons (Fsp3) is 0.261. The number of carbonyl (C=O) groups excluding carboxylic acids is 1. The van der Waals surface area contributed by atoms with Crippen molar-refractivity contribution >= 4 is 11.6 Å². The van der Waals surface area contributed by atoms with Crippen LogP contribution in [0.15, 0.2) is 42.6 Å². The molecule has 0 N–H and O–H groups in total. The minimum Gasteiger partial charge on any atom is -0.305 e. The zero-order valence-electron chi connectivity index (χ0n) is 17.2. The number of hydrogen-bond donors (Lipinski definition) is 0. The average Bonchev–Trinajstić information content (AvgIpc) is 3.13. The van der Waals surface area contributed by atoms with E-state index < -0.39 is 11.7 Å². The Hall–Kier alpha value is -3.60. The summed E-state index contributed by atoms with van der Waals surface area (Å²) in [6.45, 7) is 5.96. The number of alkyl halides is 3. The minimum atomic E-state index is -4.43. The van der Waals surface area contributed by atoms with Gasteiger partial charge in [-0.25, -0.2) is 0 Å². The Morgan fingerprint density at radius 1 is 1.06 bits per heavy atom. The summed E-state index contributed by atoms with van der Waals surface area (Å²) in [5.74, 6) is 5.73. The highest BCUT2D eigenvalue weighted by atomic mass is 19.4. The van der Waals surface area contributed by atoms with Gasteiger partial charge in [0, 0.05) is 29.2 Å². The normalized spacial score (nSPS) is 16.0. The SMILES string of the molecule is Cc1cc(C#Cc2cnn3c2C(=O)N(c2ccc(C(F)(F)F)cc2)CC3C)cc(C)n1. The highest BCUT2D eigenvalue weighted by molar-refractivity contribution is 6.07. The van der Waals surface area contributed by atoms with Gasteiger partial charge in [0.15, 0.2) is 0 Å². The van der Waals surface area contributed by atoms with Crippen molar-refractivity contribution in [2.75, 3.05) is 11.4 Å². The number of hydrogen-bond acceptors (Lipinski definition) is 3. The van der Waals surface area contributed by atoms with E-state index in [9.17, 15) is 18.0 Å². The van der Waals surface area contributed by atoms with E-state index in [1.165, 1.54) is 17.0 Å². The lowest BCUT2D eigenvalue weighted by Gasteiger charge is -2.32. The van der Waals surface area contributed by atoms with Gasteiger partial charge in [0.1, 0.15) is 5.69 Å². The molecule has 0 spiro atoms. The number of nitrogens with zero attached hydrogens (tertiary/aromatic N) is 4. The maximum absolute atomic E-state index is 13.2. The van der Waals surface area contributed by atoms with Crippen LogP contribution in [0.25, 0.3) is 0 Å². The molecule has 0 fully saturated rings. The van der Waals surface area contributed by atoms with Crippen LogP contribution in [-0.4, -0.2) is 27.2 Å². The van der Waals surface area contributed by atoms with Crippen LogP contribution in [-0.2, 0) is 6.18 Å². The predicted molar refractivity (Wildman–Crippen MR) is 110 cm³/mol. The number of halogens is 3. The second kappa shape index (κ2) is 7.58. The van der Waals surface area contributed by atoms with Gasteiger partial charge in [0.25, 0.3) is 5.91 Å². The molecular formula is C23H19F3N4O. The van der Waals surface area contributed by atoms with Gasteiger partial charge >= 0.3 is 6.18 Å². The number of aryl methyl sites for hydroxylation is 2. The third kappa shape index (κ3) is 4.04. The number of amides is 1. The monoisotopic (exact) mass is 424 g/mol. The van der Waals surface area contributed by atoms with E-state index in [1.807, 2.05) is 32.9 Å². The molecule has 0 radical (unpaired) electrons. The van der Waals surface area contributed by atoms with Crippen molar-refractivity contribution in [3.8, 4) is 11.8 Å². The lowest BCUT2D eigenvalue weighted by atomic mass is 10.1. The summed E-state index contributed by atoms with van der Waals surface area (Å²) >= 11 is 0. The van der Waals surface area contributed by atoms with Crippen molar-refractivity contribution in [1.29, 1.82) is 0 Å². The Balaban J connectivity index is 1.69. The molecule has 3 aromatic rings. The van der Waals surface area contributed by atoms with Crippen LogP contribution in [0.3, 0.4) is 0 Å². The van der Waals surface area contributed by atoms with Crippen LogP contribution < -0.4 is 4.90 Å². The van der Waals surface area contributed by atoms with Crippen molar-refractivity contribution in [3.05, 3.63) is 76.4 Å². The van der Waals surface area contributed by atoms with Crippen LogP contribution >= 0.6 is 0 Å². The maximum atomic E-state index is 13.2. The first-order valence-electron chi connectivity index (χ1n) is 9.67. The Kier molecular flexibility index (Phi) is 5.05. The number of fused-ring (bicyclic) bond motifs is 1. The summed E-state index contributed by atoms with van der Waals surface area (Å²) in [6.07, 6.45) is -2.88. The van der Waals surface area contributed by atoms with Crippen molar-refractivity contribution in [2.45, 2.75) is 33.0 Å². The van der Waals surface area contributed by atoms with E-state index in [1.54, 1.807) is 10.9 Å². The summed E-state index contributed by atoms with van der Waals surface area (Å²) in [5, 5.41) is 4.32. The van der Waals surface area contributed by atoms with Gasteiger partial charge in [-0.3, -0.25) is 14.5 Å². The number of benzene rings is 1. The third-order valence-electron chi connectivity index (χ3n) is 5.04. The highest BCUT2D eigenvalue weighted by Crippen LogP contribution is 2.32. The molecule has 0 saturated heterocycles. The molecule has 1 aliphatic heterocycles. The summed E-state index contributed by atoms with van der Waals surface area (Å²) < 4.78 is 40.2. The molecule has 1 atom stereocenters. The zero-order chi connectivity index (χ0) is 22.3. The molecule has 2 aromatic heterocycles. The standard InChI is InChI=1S/C23H19F3N4O/c1-14-10-17(11-15(2)28-14)4-5-18-12-27-30-16(3)13-29(22(31)21(18)30)20-8-6-19(7-9-20)23(24,25)26/h6-12,16H,13H2,1-3H3. The molecule has 1 aliphatic rings. The molecule has 1 aromatic carbocycles. The first-order chi connectivity index (χ1) is 14.6. The largest absolute Gasteiger partial charge is 0.416 e. The Morgan fingerprint density at radius 2 is 1.71 bits per heavy atom. The average molecular weight is 424 g/mol. The first-order valence-corrected chi connectivity index (χ1v) is 9.67. The quantitative estimate of drug-likeness (QED) is 0.539. The number of carbonyl (C=O) groups is 1. The number of rotatable bonds is 1. The van der Waals surface area contributed by atoms with E-state index in [0.717, 1.165) is 29.1 Å². The molecule has 158 valence electrons. The Labute approximate surface area is 177 Å². The van der Waals surface area contributed by atoms with Crippen molar-refractivity contribution in [3.63, 3.8) is 0 Å². The van der Waals surface area contributed by atoms with Crippen molar-refractivity contribution < 1.29 is 18.0 Å². The second-order valence-electron chi connectivity index (χ2n) is 7.55. The molecule has 0 aliphatic carbocycles. The molecule has 3 heterocycles. The second-order valence-corrected chi connectivity index (χ2v) is 7.55. The molecular weight excluding hydrogens is 405 g/mol. The van der Waals surface area contributed by atoms with Crippen LogP contribution in [0.5, 0.6) is 0 Å². The number of pyridine rings is 1. The Bertz CT molecular complexity index is 1200. The van der Waals surface area contributed by atoms with Crippen LogP contribution in [0.1, 0.15) is 51.5 Å². The number of anilines is 1. The summed E-state index contributed by atoms with van der Waals surface area (Å²) in [7, 11) is 0.